The van der Waals surface area contributed by atoms with Crippen molar-refractivity contribution >= 4 is 5.97 Å². The lowest BCUT2D eigenvalue weighted by atomic mass is 9.73. The second-order valence-corrected chi connectivity index (χ2v) is 24.2. The monoisotopic (exact) mass is 1040 g/mol. The third-order valence-corrected chi connectivity index (χ3v) is 19.1. The maximum absolute atomic E-state index is 13.0. The van der Waals surface area contributed by atoms with Crippen molar-refractivity contribution < 1.29 is 86.8 Å². The predicted octanol–water partition coefficient (Wildman–Crippen LogP) is 6.40. The van der Waals surface area contributed by atoms with E-state index in [4.69, 9.17) is 61.6 Å². The highest BCUT2D eigenvalue weighted by Gasteiger charge is 2.65. The zero-order chi connectivity index (χ0) is 53.2. The molecule has 1 unspecified atom stereocenters. The highest BCUT2D eigenvalue weighted by atomic mass is 16.7. The Bertz CT molecular complexity index is 1870. The van der Waals surface area contributed by atoms with Gasteiger partial charge in [0.2, 0.25) is 0 Å². The lowest BCUT2D eigenvalue weighted by molar-refractivity contribution is -0.386. The fourth-order valence-electron chi connectivity index (χ4n) is 14.3. The van der Waals surface area contributed by atoms with E-state index < -0.39 is 107 Å². The minimum atomic E-state index is -2.22. The van der Waals surface area contributed by atoms with Crippen molar-refractivity contribution in [1.82, 2.24) is 0 Å². The summed E-state index contributed by atoms with van der Waals surface area (Å²) in [5.41, 5.74) is -1.62. The normalized spacial score (nSPS) is 52.5. The lowest BCUT2D eigenvalue weighted by Gasteiger charge is -2.55. The summed E-state index contributed by atoms with van der Waals surface area (Å²) in [5, 5.41) is 46.5. The quantitative estimate of drug-likeness (QED) is 0.123. The number of methoxy groups -OCH3 is 3. The van der Waals surface area contributed by atoms with Crippen LogP contribution in [0.4, 0.5) is 0 Å². The molecule has 73 heavy (non-hydrogen) atoms. The van der Waals surface area contributed by atoms with Crippen LogP contribution in [0.15, 0.2) is 12.7 Å². The molecule has 8 heterocycles. The van der Waals surface area contributed by atoms with Crippen LogP contribution in [0.5, 0.6) is 0 Å². The molecule has 0 aromatic carbocycles. The number of rotatable bonds is 16. The molecule has 8 fully saturated rings. The van der Waals surface area contributed by atoms with E-state index in [0.29, 0.717) is 51.4 Å². The number of carboxylic acids is 1. The third kappa shape index (κ3) is 11.3. The summed E-state index contributed by atoms with van der Waals surface area (Å²) >= 11 is 0. The Kier molecular flexibility index (Phi) is 17.7. The van der Waals surface area contributed by atoms with E-state index in [1.54, 1.807) is 35.2 Å². The maximum atomic E-state index is 13.0. The first-order chi connectivity index (χ1) is 34.3. The first-order valence-corrected chi connectivity index (χ1v) is 27.6. The topological polar surface area (TPSA) is 218 Å². The van der Waals surface area contributed by atoms with Gasteiger partial charge in [-0.2, -0.15) is 0 Å². The van der Waals surface area contributed by atoms with Gasteiger partial charge in [-0.25, -0.2) is 0 Å². The molecule has 8 aliphatic heterocycles. The molecule has 0 bridgehead atoms. The Morgan fingerprint density at radius 3 is 1.97 bits per heavy atom. The molecule has 0 aliphatic carbocycles. The summed E-state index contributed by atoms with van der Waals surface area (Å²) in [6, 6.07) is 0. The smallest absolute Gasteiger partial charge is 0.312 e. The standard InChI is InChI=1S/C55H92O18/c1-15-16-35(50(57)58)55(60)32(6)47(68-43-20-18-38(62-13)34(8)65-43)48(63-14)46(72-55)31(5)45-30(4)36(56)27-54(71-45)24-23-51(9,73-54)41-21-22-52(10,69-41)49-40(66-42-19-17-37(61-12)33(7)64-42)26-39(67-49)44-28(2)25-29(3)53(11,59)70-44/h15,28-49,56,59-60H,1,16-27H2,2-14H3,(H,57,58)/t28-,29+,30+,31+,32-,33+,34+,35?,36-,37-,38-,39+,40-,41+,42-,43-,44-,45-,46-,47-,48-,49+,51-,52-,53-,54+,55-/m0/s1. The van der Waals surface area contributed by atoms with Crippen LogP contribution in [0.3, 0.4) is 0 Å². The van der Waals surface area contributed by atoms with Crippen molar-refractivity contribution in [1.29, 1.82) is 0 Å². The van der Waals surface area contributed by atoms with Crippen molar-refractivity contribution in [2.24, 2.45) is 35.5 Å². The average molecular weight is 1040 g/mol. The minimum absolute atomic E-state index is 0.0134. The molecular weight excluding hydrogens is 949 g/mol. The van der Waals surface area contributed by atoms with Crippen LogP contribution in [0.25, 0.3) is 0 Å². The number of aliphatic hydroxyl groups excluding tert-OH is 1. The number of hydrogen-bond acceptors (Lipinski definition) is 17. The van der Waals surface area contributed by atoms with Crippen LogP contribution in [-0.4, -0.2) is 174 Å². The molecule has 0 radical (unpaired) electrons. The molecule has 420 valence electrons. The van der Waals surface area contributed by atoms with Gasteiger partial charge in [-0.1, -0.05) is 40.7 Å². The van der Waals surface area contributed by atoms with Gasteiger partial charge in [0.15, 0.2) is 29.9 Å². The summed E-state index contributed by atoms with van der Waals surface area (Å²) in [5.74, 6) is -9.15. The van der Waals surface area contributed by atoms with E-state index in [2.05, 4.69) is 27.4 Å². The van der Waals surface area contributed by atoms with Crippen LogP contribution in [-0.2, 0) is 66.4 Å². The van der Waals surface area contributed by atoms with Gasteiger partial charge < -0.3 is 82.0 Å². The van der Waals surface area contributed by atoms with E-state index in [0.717, 1.165) is 12.8 Å². The van der Waals surface area contributed by atoms with E-state index in [-0.39, 0.29) is 73.5 Å². The summed E-state index contributed by atoms with van der Waals surface area (Å²) in [7, 11) is 4.91. The van der Waals surface area contributed by atoms with Gasteiger partial charge in [0.05, 0.1) is 84.4 Å². The van der Waals surface area contributed by atoms with Gasteiger partial charge in [0.1, 0.15) is 18.1 Å². The number of hydrogen-bond donors (Lipinski definition) is 4. The summed E-state index contributed by atoms with van der Waals surface area (Å²) in [4.78, 5) is 13.0. The number of carbonyl (C=O) groups is 1. The molecular formula is C55H92O18. The van der Waals surface area contributed by atoms with Crippen molar-refractivity contribution in [3.63, 3.8) is 0 Å². The first kappa shape index (κ1) is 57.7. The van der Waals surface area contributed by atoms with Crippen LogP contribution in [0.2, 0.25) is 0 Å². The molecule has 1 spiro atoms. The Morgan fingerprint density at radius 1 is 0.740 bits per heavy atom. The van der Waals surface area contributed by atoms with Crippen molar-refractivity contribution in [2.75, 3.05) is 21.3 Å². The van der Waals surface area contributed by atoms with Crippen molar-refractivity contribution in [3.8, 4) is 0 Å². The lowest BCUT2D eigenvalue weighted by Crippen LogP contribution is -2.68. The fraction of sp³-hybridized carbons (Fsp3) is 0.945. The van der Waals surface area contributed by atoms with Gasteiger partial charge in [0.25, 0.3) is 0 Å². The highest BCUT2D eigenvalue weighted by molar-refractivity contribution is 5.71. The predicted molar refractivity (Wildman–Crippen MR) is 264 cm³/mol. The van der Waals surface area contributed by atoms with Gasteiger partial charge in [-0.05, 0) is 85.5 Å². The Hall–Kier alpha value is -1.43. The number of ether oxygens (including phenoxy) is 13. The summed E-state index contributed by atoms with van der Waals surface area (Å²) in [6.07, 6.45) is 0.204. The Balaban J connectivity index is 1.01. The molecule has 0 saturated carbocycles. The van der Waals surface area contributed by atoms with Crippen LogP contribution in [0.1, 0.15) is 146 Å². The van der Waals surface area contributed by atoms with Gasteiger partial charge in [0, 0.05) is 77.1 Å². The molecule has 8 saturated heterocycles. The van der Waals surface area contributed by atoms with Crippen molar-refractivity contribution in [3.05, 3.63) is 12.7 Å². The second-order valence-electron chi connectivity index (χ2n) is 24.2. The van der Waals surface area contributed by atoms with E-state index in [1.807, 2.05) is 34.6 Å². The molecule has 27 atom stereocenters. The van der Waals surface area contributed by atoms with E-state index >= 15 is 0 Å². The molecule has 0 aromatic rings. The zero-order valence-corrected chi connectivity index (χ0v) is 46.0. The van der Waals surface area contributed by atoms with Crippen LogP contribution < -0.4 is 0 Å². The molecule has 0 aromatic heterocycles. The second kappa shape index (κ2) is 22.4. The Morgan fingerprint density at radius 2 is 1.38 bits per heavy atom. The maximum Gasteiger partial charge on any atom is 0.312 e. The van der Waals surface area contributed by atoms with Gasteiger partial charge in [-0.15, -0.1) is 6.58 Å². The molecule has 0 amide bonds. The third-order valence-electron chi connectivity index (χ3n) is 19.1. The molecule has 18 nitrogen and oxygen atoms in total. The first-order valence-electron chi connectivity index (χ1n) is 27.6. The largest absolute Gasteiger partial charge is 0.481 e. The Labute approximate surface area is 434 Å². The van der Waals surface area contributed by atoms with Gasteiger partial charge >= 0.3 is 5.97 Å². The highest BCUT2D eigenvalue weighted by Crippen LogP contribution is 2.55. The zero-order valence-electron chi connectivity index (χ0n) is 46.0. The number of aliphatic carboxylic acids is 1. The van der Waals surface area contributed by atoms with E-state index in [1.165, 1.54) is 6.08 Å². The van der Waals surface area contributed by atoms with E-state index in [9.17, 15) is 25.2 Å². The summed E-state index contributed by atoms with van der Waals surface area (Å²) < 4.78 is 85.6. The molecule has 8 rings (SSSR count). The molecule has 4 N–H and O–H groups in total. The molecule has 18 heteroatoms. The van der Waals surface area contributed by atoms with Crippen LogP contribution >= 0.6 is 0 Å². The average Bonchev–Trinajstić information content (AvgIpc) is 4.05. The SMILES string of the molecule is C=CCC(C(=O)O)[C@@]1(O)O[C@@H]([C@H](C)[C@H]2O[C@@]3(CC[C@@](C)([C@H]4CC[C@@](C)([C@@H]5O[C@@H]([C@H]6O[C@](C)(O)[C@H](C)C[C@@H]6C)C[C@@H]5O[C@H]5CC[C@H](OC)[C@@H](C)O5)O4)O3)C[C@H](O)[C@H]2C)[C@H](OC)[C@@H](O[C@H]2CC[C@H](OC)[C@@H](C)O2)[C@@H]1C. The number of allylic oxidation sites excluding steroid dienone is 1. The van der Waals surface area contributed by atoms with Gasteiger partial charge in [-0.3, -0.25) is 4.79 Å². The fourth-order valence-corrected chi connectivity index (χ4v) is 14.3. The van der Waals surface area contributed by atoms with Crippen LogP contribution in [0, 0.1) is 35.5 Å². The number of carboxylic acid groups (broad SMARTS) is 1. The number of aliphatic hydroxyl groups is 3. The summed E-state index contributed by atoms with van der Waals surface area (Å²) in [6.45, 7) is 23.3. The minimum Gasteiger partial charge on any atom is -0.481 e. The van der Waals surface area contributed by atoms with Crippen molar-refractivity contribution in [2.45, 2.75) is 273 Å². The molecule has 8 aliphatic rings.